The normalized spacial score (nSPS) is 14.9. The molecule has 0 aliphatic carbocycles. The van der Waals surface area contributed by atoms with Gasteiger partial charge in [0.2, 0.25) is 0 Å². The van der Waals surface area contributed by atoms with E-state index in [-0.39, 0.29) is 0 Å². The summed E-state index contributed by atoms with van der Waals surface area (Å²) in [5.41, 5.74) is 0. The fourth-order valence-corrected chi connectivity index (χ4v) is 2.23. The maximum Gasteiger partial charge on any atom is 0.0750 e. The van der Waals surface area contributed by atoms with Gasteiger partial charge in [-0.2, -0.15) is 0 Å². The van der Waals surface area contributed by atoms with Crippen LogP contribution in [0.4, 0.5) is 0 Å². The van der Waals surface area contributed by atoms with Gasteiger partial charge in [0, 0.05) is 12.6 Å². The van der Waals surface area contributed by atoms with Crippen molar-refractivity contribution < 1.29 is 0 Å². The van der Waals surface area contributed by atoms with E-state index in [4.69, 9.17) is 12.2 Å². The van der Waals surface area contributed by atoms with Gasteiger partial charge in [-0.15, -0.1) is 0 Å². The van der Waals surface area contributed by atoms with Crippen LogP contribution in [0.25, 0.3) is 0 Å². The second-order valence-electron chi connectivity index (χ2n) is 4.07. The quantitative estimate of drug-likeness (QED) is 0.619. The highest BCUT2D eigenvalue weighted by atomic mass is 32.1. The van der Waals surface area contributed by atoms with Crippen LogP contribution in [-0.2, 0) is 0 Å². The molecule has 0 aromatic rings. The molecule has 0 bridgehead atoms. The van der Waals surface area contributed by atoms with Gasteiger partial charge in [-0.3, -0.25) is 0 Å². The third-order valence-electron chi connectivity index (χ3n) is 2.99. The molecule has 0 aliphatic rings. The average molecular weight is 215 g/mol. The first-order valence-corrected chi connectivity index (χ1v) is 6.26. The van der Waals surface area contributed by atoms with Crippen LogP contribution in [0.1, 0.15) is 53.9 Å². The molecule has 0 aromatic heterocycles. The van der Waals surface area contributed by atoms with E-state index in [1.807, 2.05) is 0 Å². The third kappa shape index (κ3) is 3.95. The Morgan fingerprint density at radius 3 is 2.07 bits per heavy atom. The highest BCUT2D eigenvalue weighted by Crippen LogP contribution is 2.18. The fourth-order valence-electron chi connectivity index (χ4n) is 2.00. The van der Waals surface area contributed by atoms with Gasteiger partial charge in [0.25, 0.3) is 0 Å². The van der Waals surface area contributed by atoms with E-state index >= 15 is 0 Å². The summed E-state index contributed by atoms with van der Waals surface area (Å²) in [6, 6.07) is 0.637. The van der Waals surface area contributed by atoms with Gasteiger partial charge in [0.1, 0.15) is 0 Å². The molecule has 0 aliphatic heterocycles. The molecule has 0 saturated carbocycles. The highest BCUT2D eigenvalue weighted by Gasteiger charge is 2.21. The van der Waals surface area contributed by atoms with E-state index in [0.29, 0.717) is 6.04 Å². The van der Waals surface area contributed by atoms with Crippen LogP contribution in [0.3, 0.4) is 0 Å². The van der Waals surface area contributed by atoms with Gasteiger partial charge in [-0.25, -0.2) is 0 Å². The minimum Gasteiger partial charge on any atom is -0.363 e. The van der Waals surface area contributed by atoms with E-state index in [9.17, 15) is 0 Å². The summed E-state index contributed by atoms with van der Waals surface area (Å²) in [7, 11) is 0. The predicted molar refractivity (Wildman–Crippen MR) is 68.8 cm³/mol. The van der Waals surface area contributed by atoms with Gasteiger partial charge in [0.05, 0.1) is 4.99 Å². The van der Waals surface area contributed by atoms with Crippen LogP contribution < -0.4 is 0 Å². The van der Waals surface area contributed by atoms with Crippen LogP contribution in [0.15, 0.2) is 0 Å². The molecule has 0 saturated heterocycles. The molecule has 1 nitrogen and oxygen atoms in total. The summed E-state index contributed by atoms with van der Waals surface area (Å²) >= 11 is 5.32. The van der Waals surface area contributed by atoms with Crippen molar-refractivity contribution >= 4 is 17.2 Å². The van der Waals surface area contributed by atoms with Crippen LogP contribution in [0, 0.1) is 5.92 Å². The lowest BCUT2D eigenvalue weighted by atomic mass is 9.95. The molecule has 0 rings (SSSR count). The Bertz CT molecular complexity index is 168. The van der Waals surface area contributed by atoms with Crippen molar-refractivity contribution in [2.45, 2.75) is 59.9 Å². The van der Waals surface area contributed by atoms with Crippen molar-refractivity contribution in [2.24, 2.45) is 5.92 Å². The van der Waals surface area contributed by atoms with Crippen molar-refractivity contribution in [3.63, 3.8) is 0 Å². The standard InChI is InChI=1S/C12H25NS/c1-6-9-13(11(5)14)12(8-3)10(4)7-2/h10,12H,6-9H2,1-5H3. The first-order chi connectivity index (χ1) is 6.58. The Labute approximate surface area is 94.9 Å². The van der Waals surface area contributed by atoms with Crippen molar-refractivity contribution in [3.8, 4) is 0 Å². The van der Waals surface area contributed by atoms with Crippen molar-refractivity contribution in [1.29, 1.82) is 0 Å². The summed E-state index contributed by atoms with van der Waals surface area (Å²) in [5.74, 6) is 0.740. The number of hydrogen-bond donors (Lipinski definition) is 0. The smallest absolute Gasteiger partial charge is 0.0750 e. The molecular weight excluding hydrogens is 190 g/mol. The maximum absolute atomic E-state index is 5.32. The highest BCUT2D eigenvalue weighted by molar-refractivity contribution is 7.80. The Kier molecular flexibility index (Phi) is 7.16. The zero-order chi connectivity index (χ0) is 11.1. The molecule has 14 heavy (non-hydrogen) atoms. The van der Waals surface area contributed by atoms with Crippen LogP contribution in [0.5, 0.6) is 0 Å². The van der Waals surface area contributed by atoms with E-state index in [1.54, 1.807) is 0 Å². The second kappa shape index (κ2) is 7.22. The first-order valence-electron chi connectivity index (χ1n) is 5.85. The summed E-state index contributed by atoms with van der Waals surface area (Å²) < 4.78 is 0. The second-order valence-corrected chi connectivity index (χ2v) is 4.66. The third-order valence-corrected chi connectivity index (χ3v) is 3.22. The monoisotopic (exact) mass is 215 g/mol. The summed E-state index contributed by atoms with van der Waals surface area (Å²) in [4.78, 5) is 3.46. The summed E-state index contributed by atoms with van der Waals surface area (Å²) in [6.45, 7) is 12.2. The van der Waals surface area contributed by atoms with Crippen LogP contribution in [-0.4, -0.2) is 22.5 Å². The summed E-state index contributed by atoms with van der Waals surface area (Å²) in [5, 5.41) is 0. The van der Waals surface area contributed by atoms with Crippen LogP contribution >= 0.6 is 12.2 Å². The minimum absolute atomic E-state index is 0.637. The molecule has 0 amide bonds. The van der Waals surface area contributed by atoms with Crippen molar-refractivity contribution in [1.82, 2.24) is 4.90 Å². The molecule has 0 N–H and O–H groups in total. The van der Waals surface area contributed by atoms with E-state index < -0.39 is 0 Å². The van der Waals surface area contributed by atoms with Gasteiger partial charge in [0.15, 0.2) is 0 Å². The van der Waals surface area contributed by atoms with Crippen LogP contribution in [0.2, 0.25) is 0 Å². The van der Waals surface area contributed by atoms with Gasteiger partial charge >= 0.3 is 0 Å². The maximum atomic E-state index is 5.32. The van der Waals surface area contributed by atoms with E-state index in [1.165, 1.54) is 19.3 Å². The average Bonchev–Trinajstić information content (AvgIpc) is 2.16. The molecule has 2 unspecified atom stereocenters. The molecule has 0 fully saturated rings. The largest absolute Gasteiger partial charge is 0.363 e. The Hall–Kier alpha value is -0.110. The molecule has 0 spiro atoms. The minimum atomic E-state index is 0.637. The van der Waals surface area contributed by atoms with Crippen molar-refractivity contribution in [2.75, 3.05) is 6.54 Å². The Balaban J connectivity index is 4.48. The topological polar surface area (TPSA) is 3.24 Å². The first kappa shape index (κ1) is 13.9. The number of thiocarbonyl (C=S) groups is 1. The molecule has 0 radical (unpaired) electrons. The molecule has 0 heterocycles. The van der Waals surface area contributed by atoms with Gasteiger partial charge < -0.3 is 4.90 Å². The number of hydrogen-bond acceptors (Lipinski definition) is 1. The zero-order valence-electron chi connectivity index (χ0n) is 10.3. The summed E-state index contributed by atoms with van der Waals surface area (Å²) in [6.07, 6.45) is 3.62. The molecular formula is C12H25NS. The fraction of sp³-hybridized carbons (Fsp3) is 0.917. The SMILES string of the molecule is CCCN(C(C)=S)C(CC)C(C)CC. The molecule has 0 aromatic carbocycles. The lowest BCUT2D eigenvalue weighted by Crippen LogP contribution is -2.42. The number of rotatable bonds is 6. The zero-order valence-corrected chi connectivity index (χ0v) is 11.2. The van der Waals surface area contributed by atoms with E-state index in [0.717, 1.165) is 17.5 Å². The molecule has 84 valence electrons. The van der Waals surface area contributed by atoms with Crippen molar-refractivity contribution in [3.05, 3.63) is 0 Å². The van der Waals surface area contributed by atoms with Gasteiger partial charge in [-0.1, -0.05) is 46.3 Å². The van der Waals surface area contributed by atoms with E-state index in [2.05, 4.69) is 39.5 Å². The lowest BCUT2D eigenvalue weighted by molar-refractivity contribution is 0.227. The Morgan fingerprint density at radius 2 is 1.79 bits per heavy atom. The Morgan fingerprint density at radius 1 is 1.21 bits per heavy atom. The molecule has 2 heteroatoms. The molecule has 2 atom stereocenters. The van der Waals surface area contributed by atoms with Gasteiger partial charge in [-0.05, 0) is 25.7 Å². The lowest BCUT2D eigenvalue weighted by Gasteiger charge is -2.35. The number of nitrogens with zero attached hydrogens (tertiary/aromatic N) is 1. The predicted octanol–water partition coefficient (Wildman–Crippen LogP) is 3.87.